The zero-order valence-electron chi connectivity index (χ0n) is 16.6. The number of nitrogens with one attached hydrogen (secondary N) is 1. The van der Waals surface area contributed by atoms with Crippen LogP contribution in [0.15, 0.2) is 42.6 Å². The summed E-state index contributed by atoms with van der Waals surface area (Å²) >= 11 is 0. The minimum Gasteiger partial charge on any atom is -0.380 e. The van der Waals surface area contributed by atoms with Crippen LogP contribution in [0, 0.1) is 5.82 Å². The van der Waals surface area contributed by atoms with Gasteiger partial charge in [0.05, 0.1) is 17.9 Å². The summed E-state index contributed by atoms with van der Waals surface area (Å²) in [5, 5.41) is 3.16. The molecule has 1 aliphatic carbocycles. The lowest BCUT2D eigenvalue weighted by Gasteiger charge is -2.36. The molecular formula is C23H28FN3O2. The normalized spacial score (nSPS) is 23.3. The van der Waals surface area contributed by atoms with Gasteiger partial charge in [0.2, 0.25) is 0 Å². The summed E-state index contributed by atoms with van der Waals surface area (Å²) in [6.45, 7) is 3.83. The predicted molar refractivity (Wildman–Crippen MR) is 110 cm³/mol. The van der Waals surface area contributed by atoms with E-state index in [0.29, 0.717) is 22.9 Å². The first kappa shape index (κ1) is 20.0. The molecule has 1 aromatic carbocycles. The van der Waals surface area contributed by atoms with E-state index in [4.69, 9.17) is 4.74 Å². The van der Waals surface area contributed by atoms with Crippen LogP contribution in [0.1, 0.15) is 42.5 Å². The van der Waals surface area contributed by atoms with Crippen LogP contribution in [0.25, 0.3) is 11.3 Å². The number of pyridine rings is 1. The highest BCUT2D eigenvalue weighted by Gasteiger charge is 2.27. The molecule has 5 nitrogen and oxygen atoms in total. The van der Waals surface area contributed by atoms with Crippen LogP contribution in [0.4, 0.5) is 4.39 Å². The van der Waals surface area contributed by atoms with Gasteiger partial charge in [-0.3, -0.25) is 14.7 Å². The number of hydrogen-bond acceptors (Lipinski definition) is 4. The molecule has 2 aliphatic rings. The minimum absolute atomic E-state index is 0.0880. The molecule has 0 spiro atoms. The Kier molecular flexibility index (Phi) is 6.52. The van der Waals surface area contributed by atoms with Crippen molar-refractivity contribution in [1.29, 1.82) is 0 Å². The lowest BCUT2D eigenvalue weighted by atomic mass is 9.90. The molecule has 2 fully saturated rings. The summed E-state index contributed by atoms with van der Waals surface area (Å²) in [5.74, 6) is -0.385. The molecule has 1 saturated carbocycles. The highest BCUT2D eigenvalue weighted by atomic mass is 19.1. The Balaban J connectivity index is 1.29. The number of carbonyl (C=O) groups is 1. The van der Waals surface area contributed by atoms with Crippen molar-refractivity contribution in [2.24, 2.45) is 0 Å². The van der Waals surface area contributed by atoms with E-state index in [1.165, 1.54) is 12.1 Å². The molecule has 1 saturated heterocycles. The number of rotatable bonds is 4. The monoisotopic (exact) mass is 397 g/mol. The van der Waals surface area contributed by atoms with E-state index >= 15 is 0 Å². The van der Waals surface area contributed by atoms with Gasteiger partial charge in [-0.25, -0.2) is 4.39 Å². The Morgan fingerprint density at radius 3 is 2.72 bits per heavy atom. The second-order valence-corrected chi connectivity index (χ2v) is 7.92. The van der Waals surface area contributed by atoms with E-state index in [0.717, 1.165) is 58.4 Å². The van der Waals surface area contributed by atoms with Gasteiger partial charge < -0.3 is 10.1 Å². The second-order valence-electron chi connectivity index (χ2n) is 7.92. The van der Waals surface area contributed by atoms with Gasteiger partial charge in [0.1, 0.15) is 5.82 Å². The molecule has 4 rings (SSSR count). The Hall–Kier alpha value is -2.31. The van der Waals surface area contributed by atoms with Crippen molar-refractivity contribution in [2.75, 3.05) is 26.3 Å². The van der Waals surface area contributed by atoms with Crippen LogP contribution in [-0.2, 0) is 4.74 Å². The number of hydrogen-bond donors (Lipinski definition) is 1. The van der Waals surface area contributed by atoms with E-state index in [2.05, 4.69) is 15.2 Å². The SMILES string of the molecule is O=C(NC1CCC(N2CCCOCC2)CC1)c1ccc(-c2cccc(F)c2)nc1. The number of benzene rings is 1. The van der Waals surface area contributed by atoms with E-state index < -0.39 is 0 Å². The van der Waals surface area contributed by atoms with Crippen molar-refractivity contribution in [3.8, 4) is 11.3 Å². The number of ether oxygens (including phenoxy) is 1. The molecule has 2 aromatic rings. The second kappa shape index (κ2) is 9.46. The summed E-state index contributed by atoms with van der Waals surface area (Å²) in [6.07, 6.45) is 6.91. The van der Waals surface area contributed by atoms with E-state index in [9.17, 15) is 9.18 Å². The van der Waals surface area contributed by atoms with Gasteiger partial charge in [-0.15, -0.1) is 0 Å². The summed E-state index contributed by atoms with van der Waals surface area (Å²) < 4.78 is 18.9. The van der Waals surface area contributed by atoms with Gasteiger partial charge in [-0.2, -0.15) is 0 Å². The molecule has 29 heavy (non-hydrogen) atoms. The third-order valence-electron chi connectivity index (χ3n) is 5.95. The molecule has 0 atom stereocenters. The van der Waals surface area contributed by atoms with Crippen LogP contribution < -0.4 is 5.32 Å². The highest BCUT2D eigenvalue weighted by Crippen LogP contribution is 2.24. The minimum atomic E-state index is -0.297. The highest BCUT2D eigenvalue weighted by molar-refractivity contribution is 5.94. The molecule has 1 aromatic heterocycles. The first-order valence-electron chi connectivity index (χ1n) is 10.5. The fourth-order valence-corrected chi connectivity index (χ4v) is 4.33. The molecule has 1 aliphatic heterocycles. The number of aromatic nitrogens is 1. The number of carbonyl (C=O) groups excluding carboxylic acids is 1. The average Bonchev–Trinajstić information content (AvgIpc) is 3.04. The van der Waals surface area contributed by atoms with E-state index in [1.54, 1.807) is 30.5 Å². The van der Waals surface area contributed by atoms with Gasteiger partial charge in [-0.05, 0) is 56.4 Å². The fraction of sp³-hybridized carbons (Fsp3) is 0.478. The maximum absolute atomic E-state index is 13.4. The topological polar surface area (TPSA) is 54.5 Å². The van der Waals surface area contributed by atoms with Crippen LogP contribution >= 0.6 is 0 Å². The standard InChI is InChI=1S/C23H28FN3O2/c24-19-4-1-3-17(15-19)22-10-5-18(16-25-22)23(28)26-20-6-8-21(9-7-20)27-11-2-13-29-14-12-27/h1,3-5,10,15-16,20-21H,2,6-9,11-14H2,(H,26,28). The third kappa shape index (κ3) is 5.19. The van der Waals surface area contributed by atoms with E-state index in [1.807, 2.05) is 0 Å². The van der Waals surface area contributed by atoms with Crippen LogP contribution in [0.5, 0.6) is 0 Å². The van der Waals surface area contributed by atoms with Crippen molar-refractivity contribution in [1.82, 2.24) is 15.2 Å². The van der Waals surface area contributed by atoms with E-state index in [-0.39, 0.29) is 17.8 Å². The van der Waals surface area contributed by atoms with Gasteiger partial charge in [0.25, 0.3) is 5.91 Å². The largest absolute Gasteiger partial charge is 0.380 e. The zero-order valence-corrected chi connectivity index (χ0v) is 16.6. The maximum atomic E-state index is 13.4. The summed E-state index contributed by atoms with van der Waals surface area (Å²) in [5.41, 5.74) is 1.90. The Morgan fingerprint density at radius 2 is 1.97 bits per heavy atom. The smallest absolute Gasteiger partial charge is 0.253 e. The number of nitrogens with zero attached hydrogens (tertiary/aromatic N) is 2. The summed E-state index contributed by atoms with van der Waals surface area (Å²) in [4.78, 5) is 19.5. The molecule has 1 amide bonds. The molecule has 0 bridgehead atoms. The van der Waals surface area contributed by atoms with Gasteiger partial charge in [0, 0.05) is 43.5 Å². The van der Waals surface area contributed by atoms with Crippen molar-refractivity contribution < 1.29 is 13.9 Å². The van der Waals surface area contributed by atoms with Crippen molar-refractivity contribution in [3.63, 3.8) is 0 Å². The fourth-order valence-electron chi connectivity index (χ4n) is 4.33. The van der Waals surface area contributed by atoms with Gasteiger partial charge in [0.15, 0.2) is 0 Å². The number of amides is 1. The molecule has 154 valence electrons. The lowest BCUT2D eigenvalue weighted by Crippen LogP contribution is -2.44. The van der Waals surface area contributed by atoms with Crippen LogP contribution in [-0.4, -0.2) is 54.2 Å². The third-order valence-corrected chi connectivity index (χ3v) is 5.95. The molecule has 6 heteroatoms. The molecular weight excluding hydrogens is 369 g/mol. The first-order chi connectivity index (χ1) is 14.2. The molecule has 2 heterocycles. The van der Waals surface area contributed by atoms with Gasteiger partial charge in [-0.1, -0.05) is 12.1 Å². The van der Waals surface area contributed by atoms with Crippen LogP contribution in [0.3, 0.4) is 0 Å². The summed E-state index contributed by atoms with van der Waals surface area (Å²) in [6, 6.07) is 10.6. The Morgan fingerprint density at radius 1 is 1.10 bits per heavy atom. The Labute approximate surface area is 171 Å². The molecule has 0 radical (unpaired) electrons. The number of halogens is 1. The molecule has 0 unspecified atom stereocenters. The van der Waals surface area contributed by atoms with Crippen molar-refractivity contribution in [3.05, 3.63) is 54.0 Å². The average molecular weight is 397 g/mol. The maximum Gasteiger partial charge on any atom is 0.253 e. The van der Waals surface area contributed by atoms with Crippen molar-refractivity contribution in [2.45, 2.75) is 44.2 Å². The van der Waals surface area contributed by atoms with Gasteiger partial charge >= 0.3 is 0 Å². The summed E-state index contributed by atoms with van der Waals surface area (Å²) in [7, 11) is 0. The van der Waals surface area contributed by atoms with Crippen LogP contribution in [0.2, 0.25) is 0 Å². The zero-order chi connectivity index (χ0) is 20.1. The Bertz CT molecular complexity index is 811. The lowest BCUT2D eigenvalue weighted by molar-refractivity contribution is 0.0895. The predicted octanol–water partition coefficient (Wildman–Crippen LogP) is 3.65. The van der Waals surface area contributed by atoms with Crippen molar-refractivity contribution >= 4 is 5.91 Å². The first-order valence-corrected chi connectivity index (χ1v) is 10.5. The molecule has 1 N–H and O–H groups in total. The quantitative estimate of drug-likeness (QED) is 0.856.